The average Bonchev–Trinajstić information content (AvgIpc) is 2.65. The summed E-state index contributed by atoms with van der Waals surface area (Å²) in [6, 6.07) is 3.74. The van der Waals surface area contributed by atoms with Crippen molar-refractivity contribution in [3.05, 3.63) is 18.3 Å². The normalized spacial score (nSPS) is 18.1. The number of likely N-dealkylation sites (N-methyl/N-ethyl adjacent to an activating group) is 1. The topological polar surface area (TPSA) is 75.6 Å². The molecule has 1 saturated heterocycles. The molecule has 7 nitrogen and oxygen atoms in total. The number of nitrogens with zero attached hydrogens (tertiary/aromatic N) is 4. The van der Waals surface area contributed by atoms with Crippen LogP contribution in [0.1, 0.15) is 34.1 Å². The molecule has 1 fully saturated rings. The molecule has 1 aromatic rings. The first-order valence-corrected chi connectivity index (χ1v) is 8.87. The number of Topliss-reactive ketones (excluding diaryl/α,β-unsaturated/α-hetero) is 1. The van der Waals surface area contributed by atoms with Crippen molar-refractivity contribution in [2.24, 2.45) is 5.41 Å². The molecule has 1 atom stereocenters. The minimum absolute atomic E-state index is 0.155. The Bertz CT molecular complexity index is 591. The standard InChI is InChI=1S/C18H28N4O3/c1-5-18(3,4)16(23)17(24)22-10-11-25-14(13-22)12-21(6-2)15-8-7-9-19-20-15/h7-9,14H,5-6,10-13H2,1-4H3. The van der Waals surface area contributed by atoms with Gasteiger partial charge in [-0.05, 0) is 25.5 Å². The van der Waals surface area contributed by atoms with Crippen LogP contribution in [0.15, 0.2) is 18.3 Å². The molecular weight excluding hydrogens is 320 g/mol. The third-order valence-corrected chi connectivity index (χ3v) is 4.81. The number of carbonyl (C=O) groups excluding carboxylic acids is 2. The highest BCUT2D eigenvalue weighted by Crippen LogP contribution is 2.23. The monoisotopic (exact) mass is 348 g/mol. The molecule has 0 radical (unpaired) electrons. The molecule has 1 amide bonds. The Morgan fingerprint density at radius 3 is 2.76 bits per heavy atom. The summed E-state index contributed by atoms with van der Waals surface area (Å²) in [5.74, 6) is 0.0554. The van der Waals surface area contributed by atoms with Gasteiger partial charge in [0.2, 0.25) is 5.78 Å². The van der Waals surface area contributed by atoms with Crippen LogP contribution in [0.25, 0.3) is 0 Å². The maximum Gasteiger partial charge on any atom is 0.290 e. The Kier molecular flexibility index (Phi) is 6.47. The maximum atomic E-state index is 12.6. The molecule has 1 aliphatic rings. The second-order valence-electron chi connectivity index (χ2n) is 6.93. The quantitative estimate of drug-likeness (QED) is 0.696. The molecule has 0 spiro atoms. The summed E-state index contributed by atoms with van der Waals surface area (Å²) >= 11 is 0. The Hall–Kier alpha value is -2.02. The van der Waals surface area contributed by atoms with E-state index in [2.05, 4.69) is 15.1 Å². The number of ether oxygens (including phenoxy) is 1. The van der Waals surface area contributed by atoms with Gasteiger partial charge in [0.25, 0.3) is 5.91 Å². The van der Waals surface area contributed by atoms with Crippen LogP contribution in [0.3, 0.4) is 0 Å². The molecule has 0 aromatic carbocycles. The zero-order valence-electron chi connectivity index (χ0n) is 15.6. The first-order valence-electron chi connectivity index (χ1n) is 8.87. The third-order valence-electron chi connectivity index (χ3n) is 4.81. The lowest BCUT2D eigenvalue weighted by Gasteiger charge is -2.36. The van der Waals surface area contributed by atoms with E-state index in [0.29, 0.717) is 32.7 Å². The number of hydrogen-bond acceptors (Lipinski definition) is 6. The fraction of sp³-hybridized carbons (Fsp3) is 0.667. The van der Waals surface area contributed by atoms with E-state index in [4.69, 9.17) is 4.74 Å². The first kappa shape index (κ1) is 19.3. The van der Waals surface area contributed by atoms with E-state index in [1.165, 1.54) is 0 Å². The van der Waals surface area contributed by atoms with Gasteiger partial charge < -0.3 is 14.5 Å². The Balaban J connectivity index is 2.00. The fourth-order valence-electron chi connectivity index (χ4n) is 2.70. The number of anilines is 1. The van der Waals surface area contributed by atoms with Gasteiger partial charge in [-0.2, -0.15) is 5.10 Å². The van der Waals surface area contributed by atoms with Crippen LogP contribution < -0.4 is 4.90 Å². The highest BCUT2D eigenvalue weighted by Gasteiger charge is 2.36. The lowest BCUT2D eigenvalue weighted by Crippen LogP contribution is -2.53. The van der Waals surface area contributed by atoms with Gasteiger partial charge in [-0.1, -0.05) is 20.8 Å². The molecule has 138 valence electrons. The zero-order chi connectivity index (χ0) is 18.4. The van der Waals surface area contributed by atoms with Gasteiger partial charge in [-0.15, -0.1) is 5.10 Å². The maximum absolute atomic E-state index is 12.6. The van der Waals surface area contributed by atoms with Crippen LogP contribution in [-0.2, 0) is 14.3 Å². The van der Waals surface area contributed by atoms with E-state index in [1.54, 1.807) is 11.1 Å². The van der Waals surface area contributed by atoms with Crippen LogP contribution >= 0.6 is 0 Å². The summed E-state index contributed by atoms with van der Waals surface area (Å²) in [5, 5.41) is 8.03. The van der Waals surface area contributed by atoms with E-state index >= 15 is 0 Å². The van der Waals surface area contributed by atoms with Gasteiger partial charge in [-0.3, -0.25) is 9.59 Å². The third kappa shape index (κ3) is 4.75. The largest absolute Gasteiger partial charge is 0.373 e. The Morgan fingerprint density at radius 2 is 2.16 bits per heavy atom. The zero-order valence-corrected chi connectivity index (χ0v) is 15.6. The van der Waals surface area contributed by atoms with Crippen molar-refractivity contribution in [1.29, 1.82) is 0 Å². The highest BCUT2D eigenvalue weighted by molar-refractivity contribution is 6.37. The fourth-order valence-corrected chi connectivity index (χ4v) is 2.70. The van der Waals surface area contributed by atoms with Gasteiger partial charge in [0, 0.05) is 37.8 Å². The molecule has 2 rings (SSSR count). The predicted molar refractivity (Wildman–Crippen MR) is 95.3 cm³/mol. The summed E-state index contributed by atoms with van der Waals surface area (Å²) in [5.41, 5.74) is -0.625. The van der Waals surface area contributed by atoms with E-state index in [-0.39, 0.29) is 11.9 Å². The van der Waals surface area contributed by atoms with E-state index < -0.39 is 11.3 Å². The predicted octanol–water partition coefficient (Wildman–Crippen LogP) is 1.54. The summed E-state index contributed by atoms with van der Waals surface area (Å²) in [7, 11) is 0. The first-order chi connectivity index (χ1) is 11.9. The van der Waals surface area contributed by atoms with Crippen molar-refractivity contribution in [3.8, 4) is 0 Å². The molecule has 1 aliphatic heterocycles. The highest BCUT2D eigenvalue weighted by atomic mass is 16.5. The van der Waals surface area contributed by atoms with Crippen molar-refractivity contribution < 1.29 is 14.3 Å². The number of ketones is 1. The number of hydrogen-bond donors (Lipinski definition) is 0. The molecule has 1 aromatic heterocycles. The minimum Gasteiger partial charge on any atom is -0.373 e. The van der Waals surface area contributed by atoms with Gasteiger partial charge in [0.05, 0.1) is 12.7 Å². The SMILES string of the molecule is CCN(CC1CN(C(=O)C(=O)C(C)(C)CC)CCO1)c1cccnn1. The number of aromatic nitrogens is 2. The van der Waals surface area contributed by atoms with Crippen LogP contribution in [0, 0.1) is 5.41 Å². The molecule has 2 heterocycles. The van der Waals surface area contributed by atoms with Crippen molar-refractivity contribution in [1.82, 2.24) is 15.1 Å². The summed E-state index contributed by atoms with van der Waals surface area (Å²) in [4.78, 5) is 28.7. The van der Waals surface area contributed by atoms with Gasteiger partial charge in [-0.25, -0.2) is 0 Å². The summed E-state index contributed by atoms with van der Waals surface area (Å²) < 4.78 is 5.81. The molecule has 25 heavy (non-hydrogen) atoms. The van der Waals surface area contributed by atoms with E-state index in [0.717, 1.165) is 12.4 Å². The lowest BCUT2D eigenvalue weighted by atomic mass is 9.84. The molecule has 0 saturated carbocycles. The number of carbonyl (C=O) groups is 2. The number of rotatable bonds is 7. The van der Waals surface area contributed by atoms with Crippen LogP contribution in [-0.4, -0.2) is 65.7 Å². The van der Waals surface area contributed by atoms with Crippen molar-refractivity contribution in [2.75, 3.05) is 37.7 Å². The summed E-state index contributed by atoms with van der Waals surface area (Å²) in [6.07, 6.45) is 2.12. The van der Waals surface area contributed by atoms with Crippen LogP contribution in [0.2, 0.25) is 0 Å². The molecule has 0 N–H and O–H groups in total. The molecule has 1 unspecified atom stereocenters. The second kappa shape index (κ2) is 8.38. The second-order valence-corrected chi connectivity index (χ2v) is 6.93. The van der Waals surface area contributed by atoms with Crippen molar-refractivity contribution >= 4 is 17.5 Å². The van der Waals surface area contributed by atoms with Crippen molar-refractivity contribution in [2.45, 2.75) is 40.2 Å². The van der Waals surface area contributed by atoms with Crippen LogP contribution in [0.5, 0.6) is 0 Å². The van der Waals surface area contributed by atoms with Crippen LogP contribution in [0.4, 0.5) is 5.82 Å². The summed E-state index contributed by atoms with van der Waals surface area (Å²) in [6.45, 7) is 10.3. The molecule has 0 aliphatic carbocycles. The molecular formula is C18H28N4O3. The van der Waals surface area contributed by atoms with Gasteiger partial charge in [0.1, 0.15) is 0 Å². The lowest BCUT2D eigenvalue weighted by molar-refractivity contribution is -0.153. The van der Waals surface area contributed by atoms with E-state index in [1.807, 2.05) is 39.8 Å². The minimum atomic E-state index is -0.625. The van der Waals surface area contributed by atoms with Crippen molar-refractivity contribution in [3.63, 3.8) is 0 Å². The molecule has 7 heteroatoms. The van der Waals surface area contributed by atoms with Gasteiger partial charge in [0.15, 0.2) is 5.82 Å². The van der Waals surface area contributed by atoms with E-state index in [9.17, 15) is 9.59 Å². The Morgan fingerprint density at radius 1 is 1.40 bits per heavy atom. The molecule has 0 bridgehead atoms. The number of amides is 1. The average molecular weight is 348 g/mol. The Labute approximate surface area is 149 Å². The van der Waals surface area contributed by atoms with Gasteiger partial charge >= 0.3 is 0 Å². The smallest absolute Gasteiger partial charge is 0.290 e. The number of morpholine rings is 1.